The molecule has 10 heteroatoms. The number of rotatable bonds is 4. The van der Waals surface area contributed by atoms with Gasteiger partial charge in [-0.05, 0) is 37.1 Å². The predicted octanol–water partition coefficient (Wildman–Crippen LogP) is 4.12. The average Bonchev–Trinajstić information content (AvgIpc) is 3.33. The molecule has 0 fully saturated rings. The molecule has 0 spiro atoms. The van der Waals surface area contributed by atoms with Crippen LogP contribution in [0.15, 0.2) is 34.9 Å². The lowest BCUT2D eigenvalue weighted by atomic mass is 10.1. The first-order valence-electron chi connectivity index (χ1n) is 8.91. The first-order valence-corrected chi connectivity index (χ1v) is 9.72. The first-order chi connectivity index (χ1) is 13.8. The number of carbonyl (C=O) groups excluding carboxylic acids is 1. The van der Waals surface area contributed by atoms with Crippen molar-refractivity contribution >= 4 is 22.9 Å². The van der Waals surface area contributed by atoms with Gasteiger partial charge in [-0.2, -0.15) is 18.2 Å². The highest BCUT2D eigenvalue weighted by Crippen LogP contribution is 2.35. The SMILES string of the molecule is Cc1ccc(NCC(=O)N2CCc3sc(-c4noc(C(F)(F)F)n4)cc3C2)cc1. The zero-order chi connectivity index (χ0) is 20.6. The molecule has 2 aromatic heterocycles. The maximum absolute atomic E-state index is 12.7. The molecule has 1 amide bonds. The van der Waals surface area contributed by atoms with E-state index in [4.69, 9.17) is 0 Å². The Hall–Kier alpha value is -2.88. The zero-order valence-corrected chi connectivity index (χ0v) is 16.2. The molecule has 3 aromatic rings. The third-order valence-corrected chi connectivity index (χ3v) is 5.84. The fourth-order valence-corrected chi connectivity index (χ4v) is 4.14. The summed E-state index contributed by atoms with van der Waals surface area (Å²) < 4.78 is 42.3. The van der Waals surface area contributed by atoms with Crippen molar-refractivity contribution in [1.82, 2.24) is 15.0 Å². The van der Waals surface area contributed by atoms with Crippen molar-refractivity contribution < 1.29 is 22.5 Å². The molecule has 152 valence electrons. The molecule has 1 aliphatic heterocycles. The Morgan fingerprint density at radius 3 is 2.76 bits per heavy atom. The third-order valence-electron chi connectivity index (χ3n) is 4.60. The summed E-state index contributed by atoms with van der Waals surface area (Å²) in [7, 11) is 0. The summed E-state index contributed by atoms with van der Waals surface area (Å²) in [4.78, 5) is 19.2. The highest BCUT2D eigenvalue weighted by molar-refractivity contribution is 7.15. The second kappa shape index (κ2) is 7.51. The lowest BCUT2D eigenvalue weighted by Crippen LogP contribution is -2.38. The Bertz CT molecular complexity index is 1030. The lowest BCUT2D eigenvalue weighted by molar-refractivity contribution is -0.159. The number of anilines is 1. The molecule has 3 heterocycles. The number of aryl methyl sites for hydroxylation is 1. The number of alkyl halides is 3. The molecule has 0 unspecified atom stereocenters. The summed E-state index contributed by atoms with van der Waals surface area (Å²) in [5.74, 6) is -1.49. The van der Waals surface area contributed by atoms with Gasteiger partial charge in [-0.3, -0.25) is 4.79 Å². The molecule has 0 bridgehead atoms. The first kappa shape index (κ1) is 19.4. The van der Waals surface area contributed by atoms with Crippen LogP contribution in [0.4, 0.5) is 18.9 Å². The summed E-state index contributed by atoms with van der Waals surface area (Å²) in [5.41, 5.74) is 2.91. The monoisotopic (exact) mass is 422 g/mol. The van der Waals surface area contributed by atoms with Crippen LogP contribution in [0.5, 0.6) is 0 Å². The third kappa shape index (κ3) is 4.26. The van der Waals surface area contributed by atoms with Crippen LogP contribution in [0.3, 0.4) is 0 Å². The Morgan fingerprint density at radius 1 is 1.31 bits per heavy atom. The second-order valence-corrected chi connectivity index (χ2v) is 7.90. The smallest absolute Gasteiger partial charge is 0.376 e. The van der Waals surface area contributed by atoms with Crippen molar-refractivity contribution in [2.45, 2.75) is 26.1 Å². The Labute approximate surface area is 168 Å². The number of thiophene rings is 1. The fraction of sp³-hybridized carbons (Fsp3) is 0.316. The molecular formula is C19H17F3N4O2S. The van der Waals surface area contributed by atoms with E-state index >= 15 is 0 Å². The number of hydrogen-bond donors (Lipinski definition) is 1. The zero-order valence-electron chi connectivity index (χ0n) is 15.4. The molecule has 0 saturated carbocycles. The number of amides is 1. The minimum Gasteiger partial charge on any atom is -0.376 e. The van der Waals surface area contributed by atoms with Crippen LogP contribution in [0, 0.1) is 6.92 Å². The summed E-state index contributed by atoms with van der Waals surface area (Å²) in [5, 5.41) is 6.55. The van der Waals surface area contributed by atoms with Crippen LogP contribution >= 0.6 is 11.3 Å². The molecule has 4 rings (SSSR count). The van der Waals surface area contributed by atoms with Crippen molar-refractivity contribution in [2.75, 3.05) is 18.4 Å². The molecule has 1 N–H and O–H groups in total. The molecule has 6 nitrogen and oxygen atoms in total. The summed E-state index contributed by atoms with van der Waals surface area (Å²) in [6.07, 6.45) is -4.03. The van der Waals surface area contributed by atoms with E-state index in [0.29, 0.717) is 24.4 Å². The minimum atomic E-state index is -4.67. The molecule has 1 aliphatic rings. The van der Waals surface area contributed by atoms with Crippen LogP contribution in [-0.4, -0.2) is 34.0 Å². The van der Waals surface area contributed by atoms with E-state index in [9.17, 15) is 18.0 Å². The van der Waals surface area contributed by atoms with Crippen LogP contribution < -0.4 is 5.32 Å². The van der Waals surface area contributed by atoms with E-state index in [1.165, 1.54) is 11.3 Å². The van der Waals surface area contributed by atoms with Crippen LogP contribution in [0.25, 0.3) is 10.7 Å². The van der Waals surface area contributed by atoms with Gasteiger partial charge < -0.3 is 14.7 Å². The maximum Gasteiger partial charge on any atom is 0.471 e. The lowest BCUT2D eigenvalue weighted by Gasteiger charge is -2.27. The molecule has 1 aromatic carbocycles. The molecular weight excluding hydrogens is 405 g/mol. The number of halogens is 3. The topological polar surface area (TPSA) is 71.3 Å². The largest absolute Gasteiger partial charge is 0.471 e. The predicted molar refractivity (Wildman–Crippen MR) is 101 cm³/mol. The highest BCUT2D eigenvalue weighted by Gasteiger charge is 2.38. The van der Waals surface area contributed by atoms with Gasteiger partial charge in [0.2, 0.25) is 11.7 Å². The van der Waals surface area contributed by atoms with E-state index in [1.807, 2.05) is 31.2 Å². The number of nitrogens with one attached hydrogen (secondary N) is 1. The van der Waals surface area contributed by atoms with E-state index < -0.39 is 12.1 Å². The van der Waals surface area contributed by atoms with Gasteiger partial charge in [0.15, 0.2) is 0 Å². The number of benzene rings is 1. The minimum absolute atomic E-state index is 0.0390. The van der Waals surface area contributed by atoms with E-state index in [1.54, 1.807) is 11.0 Å². The maximum atomic E-state index is 12.7. The Morgan fingerprint density at radius 2 is 2.07 bits per heavy atom. The number of aromatic nitrogens is 2. The molecule has 29 heavy (non-hydrogen) atoms. The number of nitrogens with zero attached hydrogens (tertiary/aromatic N) is 3. The van der Waals surface area contributed by atoms with Gasteiger partial charge in [-0.25, -0.2) is 0 Å². The highest BCUT2D eigenvalue weighted by atomic mass is 32.1. The summed E-state index contributed by atoms with van der Waals surface area (Å²) in [6.45, 7) is 3.13. The van der Waals surface area contributed by atoms with Gasteiger partial charge in [-0.15, -0.1) is 11.3 Å². The number of hydrogen-bond acceptors (Lipinski definition) is 6. The number of fused-ring (bicyclic) bond motifs is 1. The summed E-state index contributed by atoms with van der Waals surface area (Å²) in [6, 6.07) is 9.51. The van der Waals surface area contributed by atoms with Gasteiger partial charge in [0.1, 0.15) is 0 Å². The van der Waals surface area contributed by atoms with Crippen molar-refractivity contribution in [2.24, 2.45) is 0 Å². The Balaban J connectivity index is 1.41. The van der Waals surface area contributed by atoms with E-state index in [2.05, 4.69) is 20.0 Å². The second-order valence-electron chi connectivity index (χ2n) is 6.76. The van der Waals surface area contributed by atoms with Crippen LogP contribution in [0.1, 0.15) is 21.9 Å². The normalized spacial score (nSPS) is 14.0. The van der Waals surface area contributed by atoms with Gasteiger partial charge in [-0.1, -0.05) is 22.9 Å². The molecule has 0 saturated heterocycles. The van der Waals surface area contributed by atoms with Crippen molar-refractivity contribution in [3.05, 3.63) is 52.2 Å². The van der Waals surface area contributed by atoms with Gasteiger partial charge in [0.25, 0.3) is 0 Å². The standard InChI is InChI=1S/C19H17F3N4O2S/c1-11-2-4-13(5-3-11)23-9-16(27)26-7-6-14-12(10-26)8-15(29-14)17-24-18(28-25-17)19(20,21)22/h2-5,8,23H,6-7,9-10H2,1H3. The fourth-order valence-electron chi connectivity index (χ4n) is 3.06. The van der Waals surface area contributed by atoms with Crippen LogP contribution in [0.2, 0.25) is 0 Å². The van der Waals surface area contributed by atoms with Gasteiger partial charge >= 0.3 is 12.1 Å². The van der Waals surface area contributed by atoms with Crippen molar-refractivity contribution in [3.8, 4) is 10.7 Å². The van der Waals surface area contributed by atoms with Crippen molar-refractivity contribution in [3.63, 3.8) is 0 Å². The molecule has 0 aliphatic carbocycles. The molecule has 0 radical (unpaired) electrons. The van der Waals surface area contributed by atoms with Crippen molar-refractivity contribution in [1.29, 1.82) is 0 Å². The van der Waals surface area contributed by atoms with Crippen LogP contribution in [-0.2, 0) is 23.9 Å². The quantitative estimate of drug-likeness (QED) is 0.685. The van der Waals surface area contributed by atoms with Gasteiger partial charge in [0, 0.05) is 23.7 Å². The summed E-state index contributed by atoms with van der Waals surface area (Å²) >= 11 is 1.33. The van der Waals surface area contributed by atoms with E-state index in [0.717, 1.165) is 21.7 Å². The molecule has 0 atom stereocenters. The average molecular weight is 422 g/mol. The Kier molecular flexibility index (Phi) is 5.03. The van der Waals surface area contributed by atoms with Gasteiger partial charge in [0.05, 0.1) is 11.4 Å². The number of carbonyl (C=O) groups is 1. The van der Waals surface area contributed by atoms with E-state index in [-0.39, 0.29) is 18.3 Å².